The van der Waals surface area contributed by atoms with Crippen LogP contribution in [0.5, 0.6) is 5.75 Å². The summed E-state index contributed by atoms with van der Waals surface area (Å²) in [5.74, 6) is 1.15. The second kappa shape index (κ2) is 9.98. The fraction of sp³-hybridized carbons (Fsp3) is 0.478. The SMILES string of the molecule is Cc1cc(OCC(=O)NC2CCN(c3ccc(C(F)(F)F)cn3)CC2)c(C(C)C)cc1Cl. The summed E-state index contributed by atoms with van der Waals surface area (Å²) in [6, 6.07) is 6.13. The van der Waals surface area contributed by atoms with Gasteiger partial charge in [-0.3, -0.25) is 4.79 Å². The van der Waals surface area contributed by atoms with E-state index in [2.05, 4.69) is 10.3 Å². The third kappa shape index (κ3) is 6.06. The molecule has 0 unspecified atom stereocenters. The maximum atomic E-state index is 12.7. The zero-order valence-corrected chi connectivity index (χ0v) is 19.1. The fourth-order valence-electron chi connectivity index (χ4n) is 3.65. The Morgan fingerprint density at radius 2 is 1.97 bits per heavy atom. The zero-order chi connectivity index (χ0) is 23.5. The van der Waals surface area contributed by atoms with Gasteiger partial charge in [-0.25, -0.2) is 4.98 Å². The second-order valence-electron chi connectivity index (χ2n) is 8.31. The Hall–Kier alpha value is -2.48. The molecule has 1 saturated heterocycles. The van der Waals surface area contributed by atoms with Crippen LogP contribution >= 0.6 is 11.6 Å². The Labute approximate surface area is 190 Å². The lowest BCUT2D eigenvalue weighted by Gasteiger charge is -2.33. The lowest BCUT2D eigenvalue weighted by Crippen LogP contribution is -2.46. The van der Waals surface area contributed by atoms with Gasteiger partial charge in [0.15, 0.2) is 6.61 Å². The molecule has 1 aromatic heterocycles. The van der Waals surface area contributed by atoms with Crippen LogP contribution in [0.15, 0.2) is 30.5 Å². The molecule has 0 aliphatic carbocycles. The molecule has 0 saturated carbocycles. The molecule has 0 spiro atoms. The van der Waals surface area contributed by atoms with Crippen LogP contribution in [0.25, 0.3) is 0 Å². The number of nitrogens with zero attached hydrogens (tertiary/aromatic N) is 2. The first-order valence-corrected chi connectivity index (χ1v) is 10.9. The first kappa shape index (κ1) is 24.2. The molecular formula is C23H27ClF3N3O2. The fourth-order valence-corrected chi connectivity index (χ4v) is 3.83. The predicted octanol–water partition coefficient (Wildman–Crippen LogP) is 5.35. The molecule has 1 aliphatic rings. The van der Waals surface area contributed by atoms with E-state index in [1.165, 1.54) is 6.07 Å². The average Bonchev–Trinajstić information content (AvgIpc) is 2.74. The van der Waals surface area contributed by atoms with Gasteiger partial charge in [-0.2, -0.15) is 13.2 Å². The number of amides is 1. The van der Waals surface area contributed by atoms with Crippen molar-refractivity contribution >= 4 is 23.3 Å². The van der Waals surface area contributed by atoms with E-state index in [1.54, 1.807) is 0 Å². The minimum absolute atomic E-state index is 0.0201. The van der Waals surface area contributed by atoms with Gasteiger partial charge in [0.05, 0.1) is 5.56 Å². The second-order valence-corrected chi connectivity index (χ2v) is 8.72. The first-order chi connectivity index (χ1) is 15.0. The molecule has 2 aromatic rings. The first-order valence-electron chi connectivity index (χ1n) is 10.5. The predicted molar refractivity (Wildman–Crippen MR) is 118 cm³/mol. The number of halogens is 4. The Bertz CT molecular complexity index is 941. The van der Waals surface area contributed by atoms with Crippen molar-refractivity contribution in [2.45, 2.75) is 51.7 Å². The summed E-state index contributed by atoms with van der Waals surface area (Å²) < 4.78 is 43.9. The smallest absolute Gasteiger partial charge is 0.417 e. The maximum Gasteiger partial charge on any atom is 0.417 e. The number of carbonyl (C=O) groups excluding carboxylic acids is 1. The largest absolute Gasteiger partial charge is 0.483 e. The number of piperidine rings is 1. The lowest BCUT2D eigenvalue weighted by atomic mass is 10.0. The van der Waals surface area contributed by atoms with Crippen LogP contribution < -0.4 is 15.0 Å². The Morgan fingerprint density at radius 3 is 2.53 bits per heavy atom. The van der Waals surface area contributed by atoms with Gasteiger partial charge in [-0.05, 0) is 61.1 Å². The number of pyridine rings is 1. The quantitative estimate of drug-likeness (QED) is 0.619. The van der Waals surface area contributed by atoms with Crippen LogP contribution in [0.1, 0.15) is 49.3 Å². The van der Waals surface area contributed by atoms with E-state index in [4.69, 9.17) is 16.3 Å². The van der Waals surface area contributed by atoms with E-state index in [1.807, 2.05) is 37.8 Å². The highest BCUT2D eigenvalue weighted by molar-refractivity contribution is 6.31. The molecule has 0 atom stereocenters. The molecule has 0 radical (unpaired) electrons. The third-order valence-electron chi connectivity index (χ3n) is 5.53. The minimum Gasteiger partial charge on any atom is -0.483 e. The lowest BCUT2D eigenvalue weighted by molar-refractivity contribution is -0.137. The number of carbonyl (C=O) groups is 1. The zero-order valence-electron chi connectivity index (χ0n) is 18.3. The van der Waals surface area contributed by atoms with Gasteiger partial charge in [0.25, 0.3) is 5.91 Å². The van der Waals surface area contributed by atoms with Crippen molar-refractivity contribution < 1.29 is 22.7 Å². The van der Waals surface area contributed by atoms with E-state index in [0.29, 0.717) is 42.5 Å². The van der Waals surface area contributed by atoms with Gasteiger partial charge in [-0.1, -0.05) is 25.4 Å². The number of aromatic nitrogens is 1. The van der Waals surface area contributed by atoms with E-state index in [-0.39, 0.29) is 24.5 Å². The van der Waals surface area contributed by atoms with E-state index < -0.39 is 11.7 Å². The number of ether oxygens (including phenoxy) is 1. The summed E-state index contributed by atoms with van der Waals surface area (Å²) in [6.45, 7) is 7.05. The van der Waals surface area contributed by atoms with Gasteiger partial charge in [0.1, 0.15) is 11.6 Å². The van der Waals surface area contributed by atoms with Crippen LogP contribution in [0, 0.1) is 6.92 Å². The van der Waals surface area contributed by atoms with Gasteiger partial charge >= 0.3 is 6.18 Å². The van der Waals surface area contributed by atoms with Crippen LogP contribution in [0.2, 0.25) is 5.02 Å². The molecule has 1 aromatic carbocycles. The number of alkyl halides is 3. The van der Waals surface area contributed by atoms with E-state index in [0.717, 1.165) is 23.4 Å². The molecule has 5 nitrogen and oxygen atoms in total. The molecule has 2 heterocycles. The summed E-state index contributed by atoms with van der Waals surface area (Å²) in [6.07, 6.45) is -2.20. The van der Waals surface area contributed by atoms with Crippen molar-refractivity contribution in [1.29, 1.82) is 0 Å². The molecule has 174 valence electrons. The molecule has 1 fully saturated rings. The molecule has 1 amide bonds. The number of hydrogen-bond donors (Lipinski definition) is 1. The van der Waals surface area contributed by atoms with E-state index >= 15 is 0 Å². The molecule has 1 N–H and O–H groups in total. The topological polar surface area (TPSA) is 54.5 Å². The highest BCUT2D eigenvalue weighted by atomic mass is 35.5. The number of hydrogen-bond acceptors (Lipinski definition) is 4. The Balaban J connectivity index is 1.49. The van der Waals surface area contributed by atoms with Crippen LogP contribution in [-0.2, 0) is 11.0 Å². The number of aryl methyl sites for hydroxylation is 1. The molecule has 32 heavy (non-hydrogen) atoms. The van der Waals surface area contributed by atoms with Gasteiger partial charge in [-0.15, -0.1) is 0 Å². The van der Waals surface area contributed by atoms with Crippen molar-refractivity contribution in [2.75, 3.05) is 24.6 Å². The van der Waals surface area contributed by atoms with Crippen molar-refractivity contribution in [3.05, 3.63) is 52.2 Å². The molecule has 9 heteroatoms. The summed E-state index contributed by atoms with van der Waals surface area (Å²) in [5.41, 5.74) is 1.07. The number of benzene rings is 1. The number of nitrogens with one attached hydrogen (secondary N) is 1. The molecular weight excluding hydrogens is 443 g/mol. The summed E-state index contributed by atoms with van der Waals surface area (Å²) in [7, 11) is 0. The number of anilines is 1. The van der Waals surface area contributed by atoms with Crippen molar-refractivity contribution in [2.24, 2.45) is 0 Å². The Kier molecular flexibility index (Phi) is 7.54. The van der Waals surface area contributed by atoms with Gasteiger partial charge < -0.3 is 15.0 Å². The van der Waals surface area contributed by atoms with Crippen molar-refractivity contribution in [3.63, 3.8) is 0 Å². The minimum atomic E-state index is -4.40. The number of rotatable bonds is 6. The van der Waals surface area contributed by atoms with Crippen LogP contribution in [0.3, 0.4) is 0 Å². The average molecular weight is 470 g/mol. The van der Waals surface area contributed by atoms with Crippen molar-refractivity contribution in [3.8, 4) is 5.75 Å². The Morgan fingerprint density at radius 1 is 1.28 bits per heavy atom. The normalized spacial score (nSPS) is 15.2. The monoisotopic (exact) mass is 469 g/mol. The summed E-state index contributed by atoms with van der Waals surface area (Å²) >= 11 is 6.21. The molecule has 0 bridgehead atoms. The molecule has 3 rings (SSSR count). The van der Waals surface area contributed by atoms with Crippen LogP contribution in [-0.4, -0.2) is 36.6 Å². The molecule has 1 aliphatic heterocycles. The standard InChI is InChI=1S/C23H27ClF3N3O2/c1-14(2)18-11-19(24)15(3)10-20(18)32-13-22(31)29-17-6-8-30(9-7-17)21-5-4-16(12-28-21)23(25,26)27/h4-5,10-12,14,17H,6-9,13H2,1-3H3,(H,29,31). The highest BCUT2D eigenvalue weighted by Gasteiger charge is 2.31. The van der Waals surface area contributed by atoms with Gasteiger partial charge in [0.2, 0.25) is 0 Å². The van der Waals surface area contributed by atoms with Crippen molar-refractivity contribution in [1.82, 2.24) is 10.3 Å². The van der Waals surface area contributed by atoms with Gasteiger partial charge in [0, 0.05) is 30.4 Å². The maximum absolute atomic E-state index is 12.7. The van der Waals surface area contributed by atoms with Crippen LogP contribution in [0.4, 0.5) is 19.0 Å². The van der Waals surface area contributed by atoms with E-state index in [9.17, 15) is 18.0 Å². The third-order valence-corrected chi connectivity index (χ3v) is 5.94. The summed E-state index contributed by atoms with van der Waals surface area (Å²) in [5, 5.41) is 3.65. The summed E-state index contributed by atoms with van der Waals surface area (Å²) in [4.78, 5) is 18.3. The highest BCUT2D eigenvalue weighted by Crippen LogP contribution is 2.32.